The van der Waals surface area contributed by atoms with Gasteiger partial charge in [-0.2, -0.15) is 5.10 Å². The van der Waals surface area contributed by atoms with E-state index in [1.807, 2.05) is 25.1 Å². The first-order valence-corrected chi connectivity index (χ1v) is 8.92. The predicted molar refractivity (Wildman–Crippen MR) is 108 cm³/mol. The highest BCUT2D eigenvalue weighted by Gasteiger charge is 2.13. The molecule has 0 aliphatic carbocycles. The summed E-state index contributed by atoms with van der Waals surface area (Å²) in [5, 5.41) is 3.93. The van der Waals surface area contributed by atoms with Crippen molar-refractivity contribution in [1.82, 2.24) is 5.43 Å². The molecule has 0 fully saturated rings. The summed E-state index contributed by atoms with van der Waals surface area (Å²) < 4.78 is 11.9. The van der Waals surface area contributed by atoms with E-state index in [2.05, 4.69) is 48.3 Å². The number of hydrogen-bond acceptors (Lipinski definition) is 4. The molecule has 0 aliphatic rings. The van der Waals surface area contributed by atoms with Crippen LogP contribution in [-0.4, -0.2) is 18.7 Å². The number of aryl methyl sites for hydroxylation is 1. The van der Waals surface area contributed by atoms with Crippen molar-refractivity contribution in [2.24, 2.45) is 5.10 Å². The number of nitrogens with zero attached hydrogens (tertiary/aromatic N) is 1. The van der Waals surface area contributed by atoms with Crippen LogP contribution in [0.15, 0.2) is 54.2 Å². The molecule has 27 heavy (non-hydrogen) atoms. The number of allylic oxidation sites excluding steroid dienone is 1. The molecule has 0 spiro atoms. The highest BCUT2D eigenvalue weighted by atomic mass is 16.5. The lowest BCUT2D eigenvalue weighted by Crippen LogP contribution is -2.12. The van der Waals surface area contributed by atoms with Crippen molar-refractivity contribution >= 4 is 12.1 Å². The molecule has 5 nitrogen and oxygen atoms in total. The maximum atomic E-state index is 11.0. The lowest BCUT2D eigenvalue weighted by Gasteiger charge is -2.17. The topological polar surface area (TPSA) is 59.9 Å². The van der Waals surface area contributed by atoms with Gasteiger partial charge in [-0.15, -0.1) is 6.58 Å². The molecule has 2 aromatic carbocycles. The molecule has 0 saturated heterocycles. The van der Waals surface area contributed by atoms with Gasteiger partial charge in [-0.25, -0.2) is 5.43 Å². The third kappa shape index (κ3) is 6.29. The van der Waals surface area contributed by atoms with Crippen molar-refractivity contribution in [3.63, 3.8) is 0 Å². The molecule has 0 aliphatic heterocycles. The average Bonchev–Trinajstić information content (AvgIpc) is 2.63. The number of nitrogens with one attached hydrogen (secondary N) is 1. The zero-order valence-corrected chi connectivity index (χ0v) is 16.1. The monoisotopic (exact) mass is 366 g/mol. The first kappa shape index (κ1) is 20.2. The van der Waals surface area contributed by atoms with Gasteiger partial charge in [0.05, 0.1) is 12.8 Å². The molecule has 0 aromatic heterocycles. The number of hydrogen-bond donors (Lipinski definition) is 1. The van der Waals surface area contributed by atoms with E-state index in [0.717, 1.165) is 16.7 Å². The maximum absolute atomic E-state index is 11.0. The second kappa shape index (κ2) is 10.2. The number of rotatable bonds is 9. The Morgan fingerprint density at radius 2 is 1.96 bits per heavy atom. The van der Waals surface area contributed by atoms with Gasteiger partial charge in [0, 0.05) is 12.5 Å². The summed E-state index contributed by atoms with van der Waals surface area (Å²) in [6.45, 7) is 10.2. The van der Waals surface area contributed by atoms with Crippen LogP contribution < -0.4 is 14.9 Å². The Balaban J connectivity index is 2.31. The minimum absolute atomic E-state index is 0.222. The highest BCUT2D eigenvalue weighted by molar-refractivity contribution is 5.83. The van der Waals surface area contributed by atoms with Crippen molar-refractivity contribution in [3.8, 4) is 11.5 Å². The molecule has 5 heteroatoms. The first-order valence-electron chi connectivity index (χ1n) is 8.92. The summed E-state index contributed by atoms with van der Waals surface area (Å²) in [4.78, 5) is 11.0. The SMILES string of the molecule is C=CCc1cc(/C=N\NC(C)=O)cc(OCC)c1OCc1ccc(C)cc1. The van der Waals surface area contributed by atoms with Gasteiger partial charge in [-0.3, -0.25) is 4.79 Å². The van der Waals surface area contributed by atoms with Crippen LogP contribution in [0.1, 0.15) is 36.1 Å². The van der Waals surface area contributed by atoms with Crippen LogP contribution in [0.3, 0.4) is 0 Å². The van der Waals surface area contributed by atoms with E-state index < -0.39 is 0 Å². The van der Waals surface area contributed by atoms with Crippen molar-refractivity contribution in [2.75, 3.05) is 6.61 Å². The van der Waals surface area contributed by atoms with E-state index in [1.165, 1.54) is 12.5 Å². The predicted octanol–water partition coefficient (Wildman–Crippen LogP) is 4.17. The van der Waals surface area contributed by atoms with Gasteiger partial charge >= 0.3 is 0 Å². The molecular formula is C22H26N2O3. The molecule has 0 atom stereocenters. The van der Waals surface area contributed by atoms with Crippen LogP contribution in [0, 0.1) is 6.92 Å². The molecule has 0 heterocycles. The minimum atomic E-state index is -0.222. The van der Waals surface area contributed by atoms with Crippen LogP contribution in [0.25, 0.3) is 0 Å². The Morgan fingerprint density at radius 1 is 1.22 bits per heavy atom. The Kier molecular flexibility index (Phi) is 7.62. The van der Waals surface area contributed by atoms with Gasteiger partial charge in [-0.1, -0.05) is 35.9 Å². The van der Waals surface area contributed by atoms with Crippen molar-refractivity contribution in [2.45, 2.75) is 33.8 Å². The van der Waals surface area contributed by atoms with Crippen molar-refractivity contribution in [3.05, 3.63) is 71.3 Å². The molecule has 2 rings (SSSR count). The summed E-state index contributed by atoms with van der Waals surface area (Å²) in [6.07, 6.45) is 4.03. The first-order chi connectivity index (χ1) is 13.0. The smallest absolute Gasteiger partial charge is 0.236 e. The standard InChI is InChI=1S/C22H26N2O3/c1-5-7-20-12-19(14-23-24-17(4)25)13-21(26-6-2)22(20)27-15-18-10-8-16(3)9-11-18/h5,8-14H,1,6-7,15H2,2-4H3,(H,24,25)/b23-14-. The Morgan fingerprint density at radius 3 is 2.59 bits per heavy atom. The van der Waals surface area contributed by atoms with Crippen LogP contribution in [-0.2, 0) is 17.8 Å². The number of carbonyl (C=O) groups excluding carboxylic acids is 1. The summed E-state index contributed by atoms with van der Waals surface area (Å²) in [6, 6.07) is 12.0. The summed E-state index contributed by atoms with van der Waals surface area (Å²) in [5.74, 6) is 1.13. The van der Waals surface area contributed by atoms with Crippen molar-refractivity contribution in [1.29, 1.82) is 0 Å². The number of carbonyl (C=O) groups is 1. The van der Waals surface area contributed by atoms with E-state index in [0.29, 0.717) is 31.1 Å². The maximum Gasteiger partial charge on any atom is 0.236 e. The molecule has 142 valence electrons. The fourth-order valence-corrected chi connectivity index (χ4v) is 2.53. The van der Waals surface area contributed by atoms with E-state index in [-0.39, 0.29) is 5.91 Å². The van der Waals surface area contributed by atoms with Crippen LogP contribution in [0.5, 0.6) is 11.5 Å². The fourth-order valence-electron chi connectivity index (χ4n) is 2.53. The van der Waals surface area contributed by atoms with Gasteiger partial charge < -0.3 is 9.47 Å². The molecular weight excluding hydrogens is 340 g/mol. The van der Waals surface area contributed by atoms with E-state index in [1.54, 1.807) is 6.21 Å². The number of benzene rings is 2. The van der Waals surface area contributed by atoms with Gasteiger partial charge in [0.2, 0.25) is 5.91 Å². The van der Waals surface area contributed by atoms with Gasteiger partial charge in [0.1, 0.15) is 6.61 Å². The number of amides is 1. The molecule has 2 aromatic rings. The Hall–Kier alpha value is -3.08. The zero-order chi connectivity index (χ0) is 19.6. The van der Waals surface area contributed by atoms with Crippen LogP contribution in [0.2, 0.25) is 0 Å². The Bertz CT molecular complexity index is 811. The van der Waals surface area contributed by atoms with Crippen molar-refractivity contribution < 1.29 is 14.3 Å². The Labute approximate surface area is 160 Å². The highest BCUT2D eigenvalue weighted by Crippen LogP contribution is 2.34. The third-order valence-electron chi connectivity index (χ3n) is 3.76. The second-order valence-electron chi connectivity index (χ2n) is 6.13. The quantitative estimate of drug-likeness (QED) is 0.412. The molecule has 0 radical (unpaired) electrons. The van der Waals surface area contributed by atoms with Gasteiger partial charge in [-0.05, 0) is 43.5 Å². The van der Waals surface area contributed by atoms with E-state index in [4.69, 9.17) is 9.47 Å². The molecule has 0 bridgehead atoms. The molecule has 1 amide bonds. The molecule has 0 unspecified atom stereocenters. The second-order valence-corrected chi connectivity index (χ2v) is 6.13. The zero-order valence-electron chi connectivity index (χ0n) is 16.1. The third-order valence-corrected chi connectivity index (χ3v) is 3.76. The van der Waals surface area contributed by atoms with Gasteiger partial charge in [0.15, 0.2) is 11.5 Å². The van der Waals surface area contributed by atoms with Gasteiger partial charge in [0.25, 0.3) is 0 Å². The minimum Gasteiger partial charge on any atom is -0.490 e. The summed E-state index contributed by atoms with van der Waals surface area (Å²) >= 11 is 0. The molecule has 1 N–H and O–H groups in total. The van der Waals surface area contributed by atoms with E-state index >= 15 is 0 Å². The largest absolute Gasteiger partial charge is 0.490 e. The summed E-state index contributed by atoms with van der Waals surface area (Å²) in [5.41, 5.74) is 6.46. The van der Waals surface area contributed by atoms with Crippen LogP contribution >= 0.6 is 0 Å². The normalized spacial score (nSPS) is 10.6. The summed E-state index contributed by atoms with van der Waals surface area (Å²) in [7, 11) is 0. The lowest BCUT2D eigenvalue weighted by molar-refractivity contribution is -0.118. The number of hydrazone groups is 1. The van der Waals surface area contributed by atoms with Crippen LogP contribution in [0.4, 0.5) is 0 Å². The number of ether oxygens (including phenoxy) is 2. The van der Waals surface area contributed by atoms with E-state index in [9.17, 15) is 4.79 Å². The average molecular weight is 366 g/mol. The lowest BCUT2D eigenvalue weighted by atomic mass is 10.1. The molecule has 0 saturated carbocycles. The fraction of sp³-hybridized carbons (Fsp3) is 0.273.